The first-order valence-corrected chi connectivity index (χ1v) is 7.47. The van der Waals surface area contributed by atoms with Gasteiger partial charge in [-0.3, -0.25) is 0 Å². The van der Waals surface area contributed by atoms with Gasteiger partial charge in [-0.1, -0.05) is 47.6 Å². The molecule has 1 atom stereocenters. The molecule has 0 N–H and O–H groups in total. The Kier molecular flexibility index (Phi) is 3.45. The van der Waals surface area contributed by atoms with Crippen molar-refractivity contribution in [3.63, 3.8) is 0 Å². The molecular weight excluding hydrogens is 276 g/mol. The smallest absolute Gasteiger partial charge is 0.257 e. The molecule has 1 aromatic heterocycles. The Labute approximate surface area is 128 Å². The first-order chi connectivity index (χ1) is 10.9. The van der Waals surface area contributed by atoms with E-state index in [0.29, 0.717) is 12.5 Å². The number of hydrogen-bond donors (Lipinski definition) is 0. The molecule has 0 amide bonds. The Balaban J connectivity index is 1.65. The normalized spacial score (nSPS) is 17.7. The highest BCUT2D eigenvalue weighted by Gasteiger charge is 2.23. The summed E-state index contributed by atoms with van der Waals surface area (Å²) in [7, 11) is 0. The van der Waals surface area contributed by atoms with E-state index in [1.165, 1.54) is 5.56 Å². The molecule has 110 valence electrons. The second-order valence-electron chi connectivity index (χ2n) is 5.47. The maximum atomic E-state index is 5.44. The molecule has 3 aromatic rings. The summed E-state index contributed by atoms with van der Waals surface area (Å²) in [6.45, 7) is 1.46. The van der Waals surface area contributed by atoms with Gasteiger partial charge in [-0.25, -0.2) is 0 Å². The molecule has 4 heteroatoms. The van der Waals surface area contributed by atoms with Crippen LogP contribution in [0.4, 0.5) is 0 Å². The monoisotopic (exact) mass is 292 g/mol. The molecule has 4 nitrogen and oxygen atoms in total. The summed E-state index contributed by atoms with van der Waals surface area (Å²) in [5.74, 6) is 1.58. The third-order valence-corrected chi connectivity index (χ3v) is 3.95. The number of benzene rings is 2. The van der Waals surface area contributed by atoms with Crippen LogP contribution in [-0.2, 0) is 4.74 Å². The predicted molar refractivity (Wildman–Crippen MR) is 83.3 cm³/mol. The van der Waals surface area contributed by atoms with Crippen LogP contribution < -0.4 is 0 Å². The standard InChI is InChI=1S/C18H16N2O2/c1-2-5-13(6-3-1)14-7-4-8-15(11-14)18-19-17(20-22-18)16-9-10-21-12-16/h1-8,11,16H,9-10,12H2. The molecule has 1 aliphatic heterocycles. The summed E-state index contributed by atoms with van der Waals surface area (Å²) < 4.78 is 10.8. The summed E-state index contributed by atoms with van der Waals surface area (Å²) in [4.78, 5) is 4.54. The van der Waals surface area contributed by atoms with Crippen LogP contribution in [0, 0.1) is 0 Å². The molecule has 1 aliphatic rings. The highest BCUT2D eigenvalue weighted by atomic mass is 16.5. The van der Waals surface area contributed by atoms with Gasteiger partial charge in [0.15, 0.2) is 5.82 Å². The third kappa shape index (κ3) is 2.53. The topological polar surface area (TPSA) is 48.2 Å². The molecule has 0 bridgehead atoms. The van der Waals surface area contributed by atoms with Gasteiger partial charge in [-0.05, 0) is 29.7 Å². The predicted octanol–water partition coefficient (Wildman–Crippen LogP) is 3.91. The fraction of sp³-hybridized carbons (Fsp3) is 0.222. The molecule has 1 fully saturated rings. The van der Waals surface area contributed by atoms with Crippen molar-refractivity contribution < 1.29 is 9.26 Å². The van der Waals surface area contributed by atoms with Crippen molar-refractivity contribution in [3.8, 4) is 22.6 Å². The van der Waals surface area contributed by atoms with Crippen molar-refractivity contribution in [2.45, 2.75) is 12.3 Å². The summed E-state index contributed by atoms with van der Waals surface area (Å²) in [6, 6.07) is 18.4. The number of hydrogen-bond acceptors (Lipinski definition) is 4. The third-order valence-electron chi connectivity index (χ3n) is 3.95. The fourth-order valence-electron chi connectivity index (χ4n) is 2.72. The lowest BCUT2D eigenvalue weighted by Gasteiger charge is -2.02. The molecule has 2 aromatic carbocycles. The van der Waals surface area contributed by atoms with E-state index in [1.54, 1.807) is 0 Å². The van der Waals surface area contributed by atoms with Crippen molar-refractivity contribution in [2.24, 2.45) is 0 Å². The minimum atomic E-state index is 0.259. The fourth-order valence-corrected chi connectivity index (χ4v) is 2.72. The average Bonchev–Trinajstić information content (AvgIpc) is 3.27. The van der Waals surface area contributed by atoms with Gasteiger partial charge < -0.3 is 9.26 Å². The Morgan fingerprint density at radius 1 is 0.909 bits per heavy atom. The quantitative estimate of drug-likeness (QED) is 0.734. The van der Waals surface area contributed by atoms with Crippen molar-refractivity contribution in [2.75, 3.05) is 13.2 Å². The molecule has 0 radical (unpaired) electrons. The van der Waals surface area contributed by atoms with Crippen LogP contribution in [0.25, 0.3) is 22.6 Å². The summed E-state index contributed by atoms with van der Waals surface area (Å²) in [5.41, 5.74) is 3.26. The Bertz CT molecular complexity index is 762. The zero-order chi connectivity index (χ0) is 14.8. The molecule has 0 spiro atoms. The molecule has 4 rings (SSSR count). The van der Waals surface area contributed by atoms with E-state index in [2.05, 4.69) is 34.4 Å². The van der Waals surface area contributed by atoms with Gasteiger partial charge in [0.1, 0.15) is 0 Å². The van der Waals surface area contributed by atoms with Crippen molar-refractivity contribution in [1.29, 1.82) is 0 Å². The first-order valence-electron chi connectivity index (χ1n) is 7.47. The number of nitrogens with zero attached hydrogens (tertiary/aromatic N) is 2. The molecule has 1 saturated heterocycles. The largest absolute Gasteiger partial charge is 0.381 e. The molecular formula is C18H16N2O2. The van der Waals surface area contributed by atoms with Gasteiger partial charge in [0, 0.05) is 18.1 Å². The second-order valence-corrected chi connectivity index (χ2v) is 5.47. The Morgan fingerprint density at radius 2 is 1.73 bits per heavy atom. The van der Waals surface area contributed by atoms with E-state index >= 15 is 0 Å². The zero-order valence-corrected chi connectivity index (χ0v) is 12.1. The van der Waals surface area contributed by atoms with Gasteiger partial charge in [-0.2, -0.15) is 4.98 Å². The van der Waals surface area contributed by atoms with E-state index < -0.39 is 0 Å². The minimum Gasteiger partial charge on any atom is -0.381 e. The van der Waals surface area contributed by atoms with E-state index in [1.807, 2.05) is 30.3 Å². The van der Waals surface area contributed by atoms with E-state index in [9.17, 15) is 0 Å². The number of ether oxygens (including phenoxy) is 1. The lowest BCUT2D eigenvalue weighted by atomic mass is 10.0. The van der Waals surface area contributed by atoms with Crippen LogP contribution in [0.1, 0.15) is 18.2 Å². The summed E-state index contributed by atoms with van der Waals surface area (Å²) in [5, 5.41) is 4.11. The van der Waals surface area contributed by atoms with Gasteiger partial charge in [0.25, 0.3) is 5.89 Å². The number of rotatable bonds is 3. The lowest BCUT2D eigenvalue weighted by molar-refractivity contribution is 0.192. The highest BCUT2D eigenvalue weighted by molar-refractivity contribution is 5.69. The SMILES string of the molecule is c1ccc(-c2cccc(-c3nc(C4CCOC4)no3)c2)cc1. The molecule has 1 unspecified atom stereocenters. The maximum absolute atomic E-state index is 5.44. The molecule has 0 aliphatic carbocycles. The van der Waals surface area contributed by atoms with Crippen LogP contribution >= 0.6 is 0 Å². The van der Waals surface area contributed by atoms with Crippen molar-refractivity contribution >= 4 is 0 Å². The molecule has 2 heterocycles. The van der Waals surface area contributed by atoms with Crippen molar-refractivity contribution in [1.82, 2.24) is 10.1 Å². The van der Waals surface area contributed by atoms with Crippen LogP contribution in [0.3, 0.4) is 0 Å². The van der Waals surface area contributed by atoms with Crippen LogP contribution in [0.2, 0.25) is 0 Å². The summed E-state index contributed by atoms with van der Waals surface area (Å²) in [6.07, 6.45) is 0.961. The van der Waals surface area contributed by atoms with Gasteiger partial charge in [0.2, 0.25) is 0 Å². The Morgan fingerprint density at radius 3 is 2.55 bits per heavy atom. The maximum Gasteiger partial charge on any atom is 0.257 e. The van der Waals surface area contributed by atoms with Gasteiger partial charge in [0.05, 0.1) is 6.61 Å². The Hall–Kier alpha value is -2.46. The second kappa shape index (κ2) is 5.73. The minimum absolute atomic E-state index is 0.259. The van der Waals surface area contributed by atoms with Crippen LogP contribution in [0.15, 0.2) is 59.1 Å². The lowest BCUT2D eigenvalue weighted by Crippen LogP contribution is -1.99. The molecule has 0 saturated carbocycles. The van der Waals surface area contributed by atoms with Crippen LogP contribution in [0.5, 0.6) is 0 Å². The first kappa shape index (κ1) is 13.2. The average molecular weight is 292 g/mol. The van der Waals surface area contributed by atoms with Crippen LogP contribution in [-0.4, -0.2) is 23.4 Å². The molecule has 22 heavy (non-hydrogen) atoms. The van der Waals surface area contributed by atoms with Gasteiger partial charge >= 0.3 is 0 Å². The van der Waals surface area contributed by atoms with E-state index in [4.69, 9.17) is 9.26 Å². The van der Waals surface area contributed by atoms with E-state index in [-0.39, 0.29) is 5.92 Å². The van der Waals surface area contributed by atoms with Gasteiger partial charge in [-0.15, -0.1) is 0 Å². The van der Waals surface area contributed by atoms with Crippen molar-refractivity contribution in [3.05, 3.63) is 60.4 Å². The zero-order valence-electron chi connectivity index (χ0n) is 12.1. The number of aromatic nitrogens is 2. The van der Waals surface area contributed by atoms with E-state index in [0.717, 1.165) is 30.0 Å². The highest BCUT2D eigenvalue weighted by Crippen LogP contribution is 2.28. The summed E-state index contributed by atoms with van der Waals surface area (Å²) >= 11 is 0.